The van der Waals surface area contributed by atoms with Gasteiger partial charge < -0.3 is 9.47 Å². The second-order valence-electron chi connectivity index (χ2n) is 7.00. The number of benzene rings is 1. The zero-order chi connectivity index (χ0) is 29.3. The fourth-order valence-electron chi connectivity index (χ4n) is 2.07. The summed E-state index contributed by atoms with van der Waals surface area (Å²) in [6, 6.07) is 2.80. The monoisotopic (exact) mass is 574 g/mol. The lowest BCUT2D eigenvalue weighted by Gasteiger charge is -2.27. The summed E-state index contributed by atoms with van der Waals surface area (Å²) in [5, 5.41) is 3.04. The summed E-state index contributed by atoms with van der Waals surface area (Å²) in [5.41, 5.74) is -1.24. The molecule has 0 bridgehead atoms. The van der Waals surface area contributed by atoms with Gasteiger partial charge in [0.1, 0.15) is 0 Å². The molecule has 1 aromatic rings. The van der Waals surface area contributed by atoms with Crippen molar-refractivity contribution in [3.05, 3.63) is 23.8 Å². The van der Waals surface area contributed by atoms with E-state index in [1.807, 2.05) is 0 Å². The highest BCUT2D eigenvalue weighted by atomic mass is 19.4. The molecule has 0 saturated heterocycles. The third-order valence-electron chi connectivity index (χ3n) is 4.05. The molecule has 0 fully saturated rings. The van der Waals surface area contributed by atoms with Crippen molar-refractivity contribution in [1.29, 1.82) is 0 Å². The van der Waals surface area contributed by atoms with E-state index in [-0.39, 0.29) is 5.56 Å². The molecule has 37 heavy (non-hydrogen) atoms. The number of hydrogen-bond donors (Lipinski definition) is 2. The molecule has 0 aliphatic carbocycles. The highest BCUT2D eigenvalue weighted by Crippen LogP contribution is 2.47. The number of aryl methyl sites for hydroxylation is 1. The Kier molecular flexibility index (Phi) is 8.83. The van der Waals surface area contributed by atoms with Crippen molar-refractivity contribution in [2.75, 3.05) is 23.8 Å². The van der Waals surface area contributed by atoms with Gasteiger partial charge in [-0.1, -0.05) is 6.07 Å². The minimum Gasteiger partial charge on any atom is -0.443 e. The van der Waals surface area contributed by atoms with Gasteiger partial charge in [0.05, 0.1) is 11.4 Å². The van der Waals surface area contributed by atoms with Crippen LogP contribution >= 0.6 is 0 Å². The minimum absolute atomic E-state index is 0.180. The fraction of sp³-hybridized carbons (Fsp3) is 0.529. The van der Waals surface area contributed by atoms with Gasteiger partial charge in [-0.15, -0.1) is 0 Å². The normalized spacial score (nSPS) is 13.7. The second kappa shape index (κ2) is 10.3. The van der Waals surface area contributed by atoms with E-state index >= 15 is 0 Å². The van der Waals surface area contributed by atoms with E-state index in [0.717, 1.165) is 18.2 Å². The number of anilines is 2. The average molecular weight is 574 g/mol. The Balaban J connectivity index is 2.92. The number of hydrogen-bond acceptors (Lipinski definition) is 4. The van der Waals surface area contributed by atoms with Gasteiger partial charge in [0.25, 0.3) is 0 Å². The Morgan fingerprint density at radius 1 is 0.649 bits per heavy atom. The van der Waals surface area contributed by atoms with Crippen LogP contribution in [0, 0.1) is 6.92 Å². The molecule has 1 rings (SSSR count). The molecular formula is C17H12F14N2O4. The standard InChI is InChI=1S/C17H12F14N2O4/c1-7-2-3-8(32-10(34)36-5-12(18,19)14(22,23)16(26,27)28)9(4-7)33-11(35)37-6-13(20,21)15(24,25)17(29,30)31/h2-4H,5-6H2,1H3,(H,32,34)(H,33,35). The Bertz CT molecular complexity index is 991. The molecule has 0 radical (unpaired) electrons. The number of carbonyl (C=O) groups excluding carboxylic acids is 2. The maximum atomic E-state index is 13.2. The Hall–Kier alpha value is -3.22. The van der Waals surface area contributed by atoms with Crippen molar-refractivity contribution in [3.63, 3.8) is 0 Å². The van der Waals surface area contributed by atoms with Crippen LogP contribution in [0.15, 0.2) is 18.2 Å². The summed E-state index contributed by atoms with van der Waals surface area (Å²) in [6.07, 6.45) is -17.6. The van der Waals surface area contributed by atoms with E-state index in [2.05, 4.69) is 9.47 Å². The van der Waals surface area contributed by atoms with Gasteiger partial charge in [-0.25, -0.2) is 9.59 Å². The van der Waals surface area contributed by atoms with Gasteiger partial charge in [-0.2, -0.15) is 61.5 Å². The van der Waals surface area contributed by atoms with Crippen molar-refractivity contribution in [1.82, 2.24) is 0 Å². The molecule has 20 heteroatoms. The first-order chi connectivity index (χ1) is 16.4. The maximum Gasteiger partial charge on any atom is 0.460 e. The summed E-state index contributed by atoms with van der Waals surface area (Å²) >= 11 is 0. The number of amides is 2. The Morgan fingerprint density at radius 3 is 1.35 bits per heavy atom. The third kappa shape index (κ3) is 7.18. The number of rotatable bonds is 8. The van der Waals surface area contributed by atoms with Crippen LogP contribution in [0.3, 0.4) is 0 Å². The Morgan fingerprint density at radius 2 is 1.00 bits per heavy atom. The lowest BCUT2D eigenvalue weighted by Crippen LogP contribution is -2.54. The van der Waals surface area contributed by atoms with Crippen LogP contribution in [0.4, 0.5) is 82.4 Å². The summed E-state index contributed by atoms with van der Waals surface area (Å²) in [4.78, 5) is 23.2. The van der Waals surface area contributed by atoms with Gasteiger partial charge in [0.2, 0.25) is 0 Å². The van der Waals surface area contributed by atoms with Crippen LogP contribution in [0.25, 0.3) is 0 Å². The molecule has 6 nitrogen and oxygen atoms in total. The van der Waals surface area contributed by atoms with Gasteiger partial charge in [-0.3, -0.25) is 10.6 Å². The van der Waals surface area contributed by atoms with Crippen molar-refractivity contribution < 1.29 is 80.5 Å². The van der Waals surface area contributed by atoms with Crippen LogP contribution in [0.2, 0.25) is 0 Å². The molecule has 2 amide bonds. The lowest BCUT2D eigenvalue weighted by atomic mass is 10.2. The van der Waals surface area contributed by atoms with Crippen molar-refractivity contribution in [3.8, 4) is 0 Å². The van der Waals surface area contributed by atoms with Crippen LogP contribution in [0.1, 0.15) is 5.56 Å². The molecule has 0 aliphatic rings. The Labute approximate surface area is 195 Å². The van der Waals surface area contributed by atoms with Gasteiger partial charge >= 0.3 is 48.2 Å². The molecule has 212 valence electrons. The SMILES string of the molecule is Cc1ccc(NC(=O)OCC(F)(F)C(F)(F)C(F)(F)F)c(NC(=O)OCC(F)(F)C(F)(F)C(F)(F)F)c1. The van der Waals surface area contributed by atoms with E-state index in [4.69, 9.17) is 0 Å². The van der Waals surface area contributed by atoms with E-state index in [9.17, 15) is 71.1 Å². The van der Waals surface area contributed by atoms with Crippen LogP contribution in [-0.4, -0.2) is 61.4 Å². The van der Waals surface area contributed by atoms with Gasteiger partial charge in [0, 0.05) is 0 Å². The van der Waals surface area contributed by atoms with E-state index in [0.29, 0.717) is 0 Å². The van der Waals surface area contributed by atoms with Crippen molar-refractivity contribution in [2.45, 2.75) is 43.0 Å². The minimum atomic E-state index is -6.72. The molecule has 0 spiro atoms. The molecule has 1 aromatic carbocycles. The van der Waals surface area contributed by atoms with Crippen molar-refractivity contribution in [2.24, 2.45) is 0 Å². The molecule has 0 heterocycles. The average Bonchev–Trinajstić information content (AvgIpc) is 2.71. The van der Waals surface area contributed by atoms with E-state index in [1.165, 1.54) is 17.6 Å². The molecule has 0 unspecified atom stereocenters. The largest absolute Gasteiger partial charge is 0.460 e. The number of halogens is 14. The summed E-state index contributed by atoms with van der Waals surface area (Å²) in [6.45, 7) is -4.29. The summed E-state index contributed by atoms with van der Waals surface area (Å²) in [7, 11) is 0. The summed E-state index contributed by atoms with van der Waals surface area (Å²) in [5.74, 6) is -25.1. The molecule has 0 aliphatic heterocycles. The lowest BCUT2D eigenvalue weighted by molar-refractivity contribution is -0.359. The van der Waals surface area contributed by atoms with Gasteiger partial charge in [0.15, 0.2) is 13.2 Å². The van der Waals surface area contributed by atoms with Crippen LogP contribution < -0.4 is 10.6 Å². The van der Waals surface area contributed by atoms with Crippen molar-refractivity contribution >= 4 is 23.6 Å². The maximum absolute atomic E-state index is 13.2. The third-order valence-corrected chi connectivity index (χ3v) is 4.05. The highest BCUT2D eigenvalue weighted by Gasteiger charge is 2.74. The quantitative estimate of drug-likeness (QED) is 0.337. The van der Waals surface area contributed by atoms with E-state index in [1.54, 1.807) is 0 Å². The first-order valence-electron chi connectivity index (χ1n) is 8.98. The molecular weight excluding hydrogens is 562 g/mol. The smallest absolute Gasteiger partial charge is 0.443 e. The summed E-state index contributed by atoms with van der Waals surface area (Å²) < 4.78 is 184. The topological polar surface area (TPSA) is 76.7 Å². The van der Waals surface area contributed by atoms with E-state index < -0.39 is 72.8 Å². The first-order valence-corrected chi connectivity index (χ1v) is 8.98. The molecule has 2 N–H and O–H groups in total. The molecule has 0 saturated carbocycles. The predicted octanol–water partition coefficient (Wildman–Crippen LogP) is 6.76. The number of nitrogens with one attached hydrogen (secondary N) is 2. The second-order valence-corrected chi connectivity index (χ2v) is 7.00. The molecule has 0 aromatic heterocycles. The molecule has 0 atom stereocenters. The van der Waals surface area contributed by atoms with Crippen LogP contribution in [0.5, 0.6) is 0 Å². The van der Waals surface area contributed by atoms with Crippen LogP contribution in [-0.2, 0) is 9.47 Å². The zero-order valence-corrected chi connectivity index (χ0v) is 17.6. The highest BCUT2D eigenvalue weighted by molar-refractivity contribution is 5.95. The first kappa shape index (κ1) is 31.8. The number of carbonyl (C=O) groups is 2. The number of ether oxygens (including phenoxy) is 2. The number of alkyl halides is 14. The van der Waals surface area contributed by atoms with Gasteiger partial charge in [-0.05, 0) is 24.6 Å². The zero-order valence-electron chi connectivity index (χ0n) is 17.6. The fourth-order valence-corrected chi connectivity index (χ4v) is 2.07. The predicted molar refractivity (Wildman–Crippen MR) is 93.0 cm³/mol.